The molecule has 0 aromatic carbocycles. The van der Waals surface area contributed by atoms with Gasteiger partial charge < -0.3 is 5.32 Å². The molecule has 0 radical (unpaired) electrons. The number of thiazole rings is 1. The van der Waals surface area contributed by atoms with Gasteiger partial charge in [0.05, 0.1) is 17.9 Å². The first-order valence-corrected chi connectivity index (χ1v) is 8.25. The third kappa shape index (κ3) is 2.65. The summed E-state index contributed by atoms with van der Waals surface area (Å²) in [5, 5.41) is 4.83. The lowest BCUT2D eigenvalue weighted by Crippen LogP contribution is -2.24. The molecule has 0 fully saturated rings. The molecule has 0 saturated heterocycles. The first-order valence-electron chi connectivity index (χ1n) is 7.37. The lowest BCUT2D eigenvalue weighted by atomic mass is 10.1. The molecule has 1 N–H and O–H groups in total. The molecule has 0 aliphatic carbocycles. The summed E-state index contributed by atoms with van der Waals surface area (Å²) in [5.74, 6) is -0.219. The summed E-state index contributed by atoms with van der Waals surface area (Å²) in [5.41, 5.74) is 2.88. The number of nitrogens with one attached hydrogen (secondary N) is 1. The van der Waals surface area contributed by atoms with Crippen molar-refractivity contribution in [1.29, 1.82) is 0 Å². The van der Waals surface area contributed by atoms with Crippen LogP contribution in [0.15, 0.2) is 60.5 Å². The Balaban J connectivity index is 1.68. The van der Waals surface area contributed by atoms with E-state index in [9.17, 15) is 4.79 Å². The SMILES string of the molecule is O=C(NCc1ccccn1)c1nc2sccn2c1-c1ccncc1. The van der Waals surface area contributed by atoms with E-state index in [0.29, 0.717) is 12.2 Å². The van der Waals surface area contributed by atoms with E-state index in [-0.39, 0.29) is 5.91 Å². The number of nitrogens with zero attached hydrogens (tertiary/aromatic N) is 4. The summed E-state index contributed by atoms with van der Waals surface area (Å²) in [4.78, 5) is 26.2. The molecule has 0 unspecified atom stereocenters. The molecule has 118 valence electrons. The van der Waals surface area contributed by atoms with Crippen LogP contribution >= 0.6 is 11.3 Å². The lowest BCUT2D eigenvalue weighted by molar-refractivity contribution is 0.0947. The van der Waals surface area contributed by atoms with Crippen molar-refractivity contribution in [1.82, 2.24) is 24.7 Å². The van der Waals surface area contributed by atoms with E-state index in [4.69, 9.17) is 0 Å². The van der Waals surface area contributed by atoms with E-state index < -0.39 is 0 Å². The van der Waals surface area contributed by atoms with Crippen molar-refractivity contribution in [3.63, 3.8) is 0 Å². The quantitative estimate of drug-likeness (QED) is 0.622. The standard InChI is InChI=1S/C17H13N5OS/c23-16(20-11-13-3-1-2-6-19-13)14-15(12-4-7-18-8-5-12)22-9-10-24-17(22)21-14/h1-10H,11H2,(H,20,23). The van der Waals surface area contributed by atoms with E-state index in [0.717, 1.165) is 21.9 Å². The fourth-order valence-electron chi connectivity index (χ4n) is 2.49. The minimum Gasteiger partial charge on any atom is -0.345 e. The Bertz CT molecular complexity index is 978. The van der Waals surface area contributed by atoms with Crippen LogP contribution in [0.25, 0.3) is 16.2 Å². The molecular weight excluding hydrogens is 322 g/mol. The fraction of sp³-hybridized carbons (Fsp3) is 0.0588. The number of aromatic nitrogens is 4. The molecule has 4 heterocycles. The van der Waals surface area contributed by atoms with E-state index in [1.807, 2.05) is 46.3 Å². The topological polar surface area (TPSA) is 72.2 Å². The highest BCUT2D eigenvalue weighted by atomic mass is 32.1. The number of hydrogen-bond acceptors (Lipinski definition) is 5. The van der Waals surface area contributed by atoms with Gasteiger partial charge in [-0.15, -0.1) is 11.3 Å². The number of pyridine rings is 2. The summed E-state index contributed by atoms with van der Waals surface area (Å²) in [6.07, 6.45) is 7.03. The van der Waals surface area contributed by atoms with Crippen LogP contribution < -0.4 is 5.32 Å². The van der Waals surface area contributed by atoms with E-state index >= 15 is 0 Å². The number of fused-ring (bicyclic) bond motifs is 1. The van der Waals surface area contributed by atoms with Gasteiger partial charge in [-0.2, -0.15) is 0 Å². The lowest BCUT2D eigenvalue weighted by Gasteiger charge is -2.06. The van der Waals surface area contributed by atoms with Gasteiger partial charge >= 0.3 is 0 Å². The summed E-state index contributed by atoms with van der Waals surface area (Å²) >= 11 is 1.49. The number of carbonyl (C=O) groups excluding carboxylic acids is 1. The zero-order valence-corrected chi connectivity index (χ0v) is 13.4. The Hall–Kier alpha value is -3.06. The van der Waals surface area contributed by atoms with E-state index in [1.165, 1.54) is 11.3 Å². The first-order chi connectivity index (χ1) is 11.8. The zero-order valence-electron chi connectivity index (χ0n) is 12.6. The molecule has 7 heteroatoms. The van der Waals surface area contributed by atoms with Crippen LogP contribution in [-0.4, -0.2) is 25.3 Å². The molecule has 1 amide bonds. The maximum Gasteiger partial charge on any atom is 0.272 e. The summed E-state index contributed by atoms with van der Waals surface area (Å²) < 4.78 is 1.93. The highest BCUT2D eigenvalue weighted by molar-refractivity contribution is 7.15. The number of rotatable bonds is 4. The Morgan fingerprint density at radius 2 is 2.04 bits per heavy atom. The number of amides is 1. The smallest absolute Gasteiger partial charge is 0.272 e. The molecule has 24 heavy (non-hydrogen) atoms. The number of carbonyl (C=O) groups is 1. The van der Waals surface area contributed by atoms with Crippen LogP contribution in [0.4, 0.5) is 0 Å². The highest BCUT2D eigenvalue weighted by Crippen LogP contribution is 2.27. The van der Waals surface area contributed by atoms with Crippen LogP contribution in [0.5, 0.6) is 0 Å². The van der Waals surface area contributed by atoms with E-state index in [1.54, 1.807) is 18.6 Å². The fourth-order valence-corrected chi connectivity index (χ4v) is 3.20. The summed E-state index contributed by atoms with van der Waals surface area (Å²) in [6, 6.07) is 9.35. The van der Waals surface area contributed by atoms with Crippen molar-refractivity contribution in [3.05, 3.63) is 71.9 Å². The number of imidazole rings is 1. The van der Waals surface area contributed by atoms with E-state index in [2.05, 4.69) is 20.3 Å². The van der Waals surface area contributed by atoms with Crippen LogP contribution in [-0.2, 0) is 6.54 Å². The molecule has 4 aromatic heterocycles. The van der Waals surface area contributed by atoms with Crippen molar-refractivity contribution in [2.45, 2.75) is 6.54 Å². The average molecular weight is 335 g/mol. The van der Waals surface area contributed by atoms with Crippen molar-refractivity contribution in [3.8, 4) is 11.3 Å². The third-order valence-electron chi connectivity index (χ3n) is 3.59. The molecule has 6 nitrogen and oxygen atoms in total. The average Bonchev–Trinajstić information content (AvgIpc) is 3.22. The maximum atomic E-state index is 12.7. The first kappa shape index (κ1) is 14.5. The Labute approximate surface area is 141 Å². The van der Waals surface area contributed by atoms with Crippen LogP contribution in [0.3, 0.4) is 0 Å². The molecular formula is C17H13N5OS. The molecule has 0 aliphatic rings. The monoisotopic (exact) mass is 335 g/mol. The largest absolute Gasteiger partial charge is 0.345 e. The van der Waals surface area contributed by atoms with Gasteiger partial charge in [-0.25, -0.2) is 4.98 Å². The molecule has 4 rings (SSSR count). The maximum absolute atomic E-state index is 12.7. The van der Waals surface area contributed by atoms with Crippen molar-refractivity contribution in [2.24, 2.45) is 0 Å². The minimum absolute atomic E-state index is 0.219. The molecule has 4 aromatic rings. The van der Waals surface area contributed by atoms with Crippen LogP contribution in [0, 0.1) is 0 Å². The van der Waals surface area contributed by atoms with Gasteiger partial charge in [-0.05, 0) is 24.3 Å². The molecule has 0 atom stereocenters. The summed E-state index contributed by atoms with van der Waals surface area (Å²) in [7, 11) is 0. The predicted molar refractivity (Wildman–Crippen MR) is 91.7 cm³/mol. The van der Waals surface area contributed by atoms with Gasteiger partial charge in [0.2, 0.25) is 0 Å². The van der Waals surface area contributed by atoms with Crippen molar-refractivity contribution >= 4 is 22.2 Å². The van der Waals surface area contributed by atoms with Gasteiger partial charge in [0, 0.05) is 35.7 Å². The molecule has 0 spiro atoms. The van der Waals surface area contributed by atoms with Crippen molar-refractivity contribution in [2.75, 3.05) is 0 Å². The highest BCUT2D eigenvalue weighted by Gasteiger charge is 2.20. The van der Waals surface area contributed by atoms with Gasteiger partial charge in [0.15, 0.2) is 10.7 Å². The van der Waals surface area contributed by atoms with Crippen molar-refractivity contribution < 1.29 is 4.79 Å². The Morgan fingerprint density at radius 3 is 2.83 bits per heavy atom. The second-order valence-corrected chi connectivity index (χ2v) is 5.98. The molecule has 0 aliphatic heterocycles. The number of hydrogen-bond donors (Lipinski definition) is 1. The van der Waals surface area contributed by atoms with Crippen LogP contribution in [0.2, 0.25) is 0 Å². The van der Waals surface area contributed by atoms with Gasteiger partial charge in [0.1, 0.15) is 0 Å². The molecule has 0 bridgehead atoms. The van der Waals surface area contributed by atoms with Crippen LogP contribution in [0.1, 0.15) is 16.2 Å². The summed E-state index contributed by atoms with van der Waals surface area (Å²) in [6.45, 7) is 0.362. The predicted octanol–water partition coefficient (Wildman–Crippen LogP) is 2.78. The Kier molecular flexibility index (Phi) is 3.76. The Morgan fingerprint density at radius 1 is 1.17 bits per heavy atom. The normalized spacial score (nSPS) is 10.8. The second-order valence-electron chi connectivity index (χ2n) is 5.10. The third-order valence-corrected chi connectivity index (χ3v) is 4.34. The minimum atomic E-state index is -0.219. The van der Waals surface area contributed by atoms with Gasteiger partial charge in [-0.3, -0.25) is 19.2 Å². The second kappa shape index (κ2) is 6.21. The zero-order chi connectivity index (χ0) is 16.4. The molecule has 0 saturated carbocycles. The van der Waals surface area contributed by atoms with Gasteiger partial charge in [-0.1, -0.05) is 6.07 Å². The van der Waals surface area contributed by atoms with Gasteiger partial charge in [0.25, 0.3) is 5.91 Å².